The van der Waals surface area contributed by atoms with E-state index in [0.29, 0.717) is 39.6 Å². The number of hydrogen-bond donors (Lipinski definition) is 1. The molecule has 0 aliphatic rings. The molecule has 3 rings (SSSR count). The van der Waals surface area contributed by atoms with Crippen LogP contribution in [0.3, 0.4) is 0 Å². The van der Waals surface area contributed by atoms with Crippen LogP contribution in [0.4, 0.5) is 5.69 Å². The van der Waals surface area contributed by atoms with Crippen LogP contribution in [-0.4, -0.2) is 34.2 Å². The van der Waals surface area contributed by atoms with Crippen molar-refractivity contribution in [2.24, 2.45) is 0 Å². The second kappa shape index (κ2) is 8.01. The number of pyridine rings is 1. The third kappa shape index (κ3) is 3.85. The van der Waals surface area contributed by atoms with Gasteiger partial charge in [-0.2, -0.15) is 0 Å². The van der Waals surface area contributed by atoms with E-state index >= 15 is 0 Å². The van der Waals surface area contributed by atoms with Crippen LogP contribution in [0.25, 0.3) is 5.82 Å². The molecule has 0 saturated heterocycles. The zero-order chi connectivity index (χ0) is 18.5. The Morgan fingerprint density at radius 2 is 2.19 bits per heavy atom. The van der Waals surface area contributed by atoms with E-state index in [2.05, 4.69) is 31.2 Å². The lowest BCUT2D eigenvalue weighted by molar-refractivity contribution is 0.102. The summed E-state index contributed by atoms with van der Waals surface area (Å²) < 4.78 is 13.3. The molecule has 0 aliphatic heterocycles. The first-order valence-electron chi connectivity index (χ1n) is 7.88. The summed E-state index contributed by atoms with van der Waals surface area (Å²) in [4.78, 5) is 20.8. The minimum absolute atomic E-state index is 0.274. The number of amides is 1. The summed E-state index contributed by atoms with van der Waals surface area (Å²) >= 11 is 3.42. The van der Waals surface area contributed by atoms with Gasteiger partial charge < -0.3 is 14.8 Å². The minimum Gasteiger partial charge on any atom is -0.493 e. The van der Waals surface area contributed by atoms with Crippen molar-refractivity contribution in [2.45, 2.75) is 6.92 Å². The molecule has 1 amide bonds. The average Bonchev–Trinajstić information content (AvgIpc) is 3.18. The van der Waals surface area contributed by atoms with E-state index in [1.807, 2.05) is 6.92 Å². The molecule has 0 bridgehead atoms. The lowest BCUT2D eigenvalue weighted by Gasteiger charge is -2.13. The van der Waals surface area contributed by atoms with E-state index in [0.717, 1.165) is 0 Å². The predicted molar refractivity (Wildman–Crippen MR) is 101 cm³/mol. The maximum absolute atomic E-state index is 12.5. The number of aromatic nitrogens is 3. The molecule has 8 heteroatoms. The van der Waals surface area contributed by atoms with Gasteiger partial charge in [0.15, 0.2) is 11.5 Å². The first kappa shape index (κ1) is 17.9. The number of imidazole rings is 1. The van der Waals surface area contributed by atoms with Crippen LogP contribution >= 0.6 is 15.9 Å². The van der Waals surface area contributed by atoms with E-state index < -0.39 is 0 Å². The highest BCUT2D eigenvalue weighted by molar-refractivity contribution is 9.10. The second-order valence-corrected chi connectivity index (χ2v) is 6.11. The van der Waals surface area contributed by atoms with Crippen molar-refractivity contribution in [2.75, 3.05) is 19.0 Å². The number of carbonyl (C=O) groups is 1. The Hall–Kier alpha value is -2.87. The SMILES string of the molecule is CCOc1c(Br)cc(C(=O)Nc2ccc(-n3ccnc3)nc2)cc1OC. The van der Waals surface area contributed by atoms with Crippen LogP contribution in [0, 0.1) is 0 Å². The fourth-order valence-electron chi connectivity index (χ4n) is 2.35. The van der Waals surface area contributed by atoms with Crippen molar-refractivity contribution in [1.29, 1.82) is 0 Å². The lowest BCUT2D eigenvalue weighted by Crippen LogP contribution is -2.13. The van der Waals surface area contributed by atoms with Crippen LogP contribution in [0.1, 0.15) is 17.3 Å². The van der Waals surface area contributed by atoms with Gasteiger partial charge >= 0.3 is 0 Å². The summed E-state index contributed by atoms with van der Waals surface area (Å²) in [7, 11) is 1.53. The summed E-state index contributed by atoms with van der Waals surface area (Å²) in [6.45, 7) is 2.38. The van der Waals surface area contributed by atoms with Gasteiger partial charge in [0, 0.05) is 18.0 Å². The van der Waals surface area contributed by atoms with Crippen molar-refractivity contribution < 1.29 is 14.3 Å². The van der Waals surface area contributed by atoms with E-state index in [4.69, 9.17) is 9.47 Å². The summed E-state index contributed by atoms with van der Waals surface area (Å²) in [6, 6.07) is 6.90. The summed E-state index contributed by atoms with van der Waals surface area (Å²) in [5.41, 5.74) is 1.03. The highest BCUT2D eigenvalue weighted by Gasteiger charge is 2.15. The summed E-state index contributed by atoms with van der Waals surface area (Å²) in [5.74, 6) is 1.49. The molecule has 2 aromatic heterocycles. The monoisotopic (exact) mass is 416 g/mol. The molecule has 0 atom stereocenters. The quantitative estimate of drug-likeness (QED) is 0.662. The van der Waals surface area contributed by atoms with E-state index in [1.54, 1.807) is 53.8 Å². The Balaban J connectivity index is 1.78. The molecule has 0 saturated carbocycles. The van der Waals surface area contributed by atoms with Crippen molar-refractivity contribution >= 4 is 27.5 Å². The average molecular weight is 417 g/mol. The Kier molecular flexibility index (Phi) is 5.52. The van der Waals surface area contributed by atoms with Crippen LogP contribution in [0.5, 0.6) is 11.5 Å². The number of halogens is 1. The highest BCUT2D eigenvalue weighted by atomic mass is 79.9. The van der Waals surface area contributed by atoms with Crippen LogP contribution in [0.2, 0.25) is 0 Å². The molecule has 2 heterocycles. The first-order chi connectivity index (χ1) is 12.6. The molecule has 0 aliphatic carbocycles. The zero-order valence-electron chi connectivity index (χ0n) is 14.3. The van der Waals surface area contributed by atoms with Crippen LogP contribution in [0.15, 0.2) is 53.7 Å². The number of anilines is 1. The smallest absolute Gasteiger partial charge is 0.255 e. The summed E-state index contributed by atoms with van der Waals surface area (Å²) in [6.07, 6.45) is 6.72. The molecular formula is C18H17BrN4O3. The number of nitrogens with zero attached hydrogens (tertiary/aromatic N) is 3. The zero-order valence-corrected chi connectivity index (χ0v) is 15.9. The van der Waals surface area contributed by atoms with Gasteiger partial charge in [0.25, 0.3) is 5.91 Å². The van der Waals surface area contributed by atoms with E-state index in [1.165, 1.54) is 7.11 Å². The van der Waals surface area contributed by atoms with Gasteiger partial charge in [0.2, 0.25) is 0 Å². The molecule has 7 nitrogen and oxygen atoms in total. The van der Waals surface area contributed by atoms with Gasteiger partial charge in [-0.25, -0.2) is 9.97 Å². The number of hydrogen-bond acceptors (Lipinski definition) is 5. The van der Waals surface area contributed by atoms with E-state index in [-0.39, 0.29) is 5.91 Å². The first-order valence-corrected chi connectivity index (χ1v) is 8.67. The molecule has 1 aromatic carbocycles. The Morgan fingerprint density at radius 1 is 1.35 bits per heavy atom. The van der Waals surface area contributed by atoms with Crippen molar-refractivity contribution in [3.63, 3.8) is 0 Å². The van der Waals surface area contributed by atoms with E-state index in [9.17, 15) is 4.79 Å². The van der Waals surface area contributed by atoms with Crippen LogP contribution in [-0.2, 0) is 0 Å². The molecule has 26 heavy (non-hydrogen) atoms. The van der Waals surface area contributed by atoms with Gasteiger partial charge in [-0.05, 0) is 47.1 Å². The van der Waals surface area contributed by atoms with Gasteiger partial charge in [-0.3, -0.25) is 9.36 Å². The number of nitrogens with one attached hydrogen (secondary N) is 1. The molecule has 0 radical (unpaired) electrons. The second-order valence-electron chi connectivity index (χ2n) is 5.25. The maximum Gasteiger partial charge on any atom is 0.255 e. The molecule has 0 fully saturated rings. The summed E-state index contributed by atoms with van der Waals surface area (Å²) in [5, 5.41) is 2.82. The largest absolute Gasteiger partial charge is 0.493 e. The molecule has 0 unspecified atom stereocenters. The third-order valence-corrected chi connectivity index (χ3v) is 4.14. The topological polar surface area (TPSA) is 78.3 Å². The Labute approximate surface area is 159 Å². The molecule has 3 aromatic rings. The normalized spacial score (nSPS) is 10.4. The Morgan fingerprint density at radius 3 is 2.81 bits per heavy atom. The van der Waals surface area contributed by atoms with Gasteiger partial charge in [0.1, 0.15) is 12.1 Å². The van der Waals surface area contributed by atoms with Gasteiger partial charge in [-0.1, -0.05) is 0 Å². The van der Waals surface area contributed by atoms with Gasteiger partial charge in [0.05, 0.1) is 30.1 Å². The predicted octanol–water partition coefficient (Wildman–Crippen LogP) is 3.69. The number of rotatable bonds is 6. The fraction of sp³-hybridized carbons (Fsp3) is 0.167. The minimum atomic E-state index is -0.274. The molecular weight excluding hydrogens is 400 g/mol. The maximum atomic E-state index is 12.5. The lowest BCUT2D eigenvalue weighted by atomic mass is 10.2. The van der Waals surface area contributed by atoms with Crippen molar-refractivity contribution in [3.05, 3.63) is 59.2 Å². The molecule has 134 valence electrons. The fourth-order valence-corrected chi connectivity index (χ4v) is 2.90. The number of methoxy groups -OCH3 is 1. The third-order valence-electron chi connectivity index (χ3n) is 3.55. The van der Waals surface area contributed by atoms with Crippen molar-refractivity contribution in [1.82, 2.24) is 14.5 Å². The standard InChI is InChI=1S/C18H17BrN4O3/c1-3-26-17-14(19)8-12(9-15(17)25-2)18(24)22-13-4-5-16(21-10-13)23-7-6-20-11-23/h4-11H,3H2,1-2H3,(H,22,24). The highest BCUT2D eigenvalue weighted by Crippen LogP contribution is 2.36. The Bertz CT molecular complexity index is 896. The van der Waals surface area contributed by atoms with Gasteiger partial charge in [-0.15, -0.1) is 0 Å². The van der Waals surface area contributed by atoms with Crippen LogP contribution < -0.4 is 14.8 Å². The molecule has 1 N–H and O–H groups in total. The number of ether oxygens (including phenoxy) is 2. The number of carbonyl (C=O) groups excluding carboxylic acids is 1. The molecule has 0 spiro atoms. The number of benzene rings is 1. The van der Waals surface area contributed by atoms with Crippen molar-refractivity contribution in [3.8, 4) is 17.3 Å².